The first-order valence-corrected chi connectivity index (χ1v) is 11.6. The van der Waals surface area contributed by atoms with Crippen LogP contribution in [0.5, 0.6) is 0 Å². The number of carbonyl (C=O) groups excluding carboxylic acids is 2. The predicted octanol–water partition coefficient (Wildman–Crippen LogP) is 2.71. The van der Waals surface area contributed by atoms with Crippen molar-refractivity contribution in [3.05, 3.63) is 45.8 Å². The third-order valence-corrected chi connectivity index (χ3v) is 6.63. The lowest BCUT2D eigenvalue weighted by Gasteiger charge is -2.34. The molecule has 1 fully saturated rings. The van der Waals surface area contributed by atoms with Crippen molar-refractivity contribution in [2.75, 3.05) is 32.7 Å². The molecular weight excluding hydrogens is 422 g/mol. The molecule has 3 aromatic heterocycles. The standard InChI is InChI=1S/C20H23N5O3S2/c26-18(6-1-7-21-20(27)16-5-3-13-30-16)25-10-8-24(9-11-25)14-17-22-19(23-28-17)15-4-2-12-29-15/h2-5,12-13H,1,6-11,14H2,(H,21,27). The van der Waals surface area contributed by atoms with Crippen LogP contribution >= 0.6 is 22.7 Å². The summed E-state index contributed by atoms with van der Waals surface area (Å²) in [5, 5.41) is 10.8. The average Bonchev–Trinajstić information content (AvgIpc) is 3.53. The van der Waals surface area contributed by atoms with Crippen LogP contribution in [-0.2, 0) is 11.3 Å². The lowest BCUT2D eigenvalue weighted by molar-refractivity contribution is -0.133. The largest absolute Gasteiger partial charge is 0.351 e. The van der Waals surface area contributed by atoms with Crippen molar-refractivity contribution < 1.29 is 14.1 Å². The van der Waals surface area contributed by atoms with Crippen LogP contribution < -0.4 is 5.32 Å². The molecule has 3 aromatic rings. The molecule has 4 heterocycles. The molecule has 0 unspecified atom stereocenters. The van der Waals surface area contributed by atoms with E-state index in [0.717, 1.165) is 18.0 Å². The SMILES string of the molecule is O=C(NCCCC(=O)N1CCN(Cc2nc(-c3cccs3)no2)CC1)c1cccs1. The van der Waals surface area contributed by atoms with Crippen LogP contribution in [0.4, 0.5) is 0 Å². The molecule has 1 N–H and O–H groups in total. The highest BCUT2D eigenvalue weighted by atomic mass is 32.1. The second-order valence-electron chi connectivity index (χ2n) is 6.98. The van der Waals surface area contributed by atoms with E-state index in [2.05, 4.69) is 20.4 Å². The zero-order valence-corrected chi connectivity index (χ0v) is 18.1. The second-order valence-corrected chi connectivity index (χ2v) is 8.88. The first-order chi connectivity index (χ1) is 14.7. The summed E-state index contributed by atoms with van der Waals surface area (Å²) in [5.41, 5.74) is 0. The van der Waals surface area contributed by atoms with Gasteiger partial charge in [0.15, 0.2) is 0 Å². The maximum Gasteiger partial charge on any atom is 0.261 e. The summed E-state index contributed by atoms with van der Waals surface area (Å²) in [5.74, 6) is 1.28. The molecule has 0 bridgehead atoms. The Kier molecular flexibility index (Phi) is 6.88. The smallest absolute Gasteiger partial charge is 0.261 e. The normalized spacial score (nSPS) is 14.7. The lowest BCUT2D eigenvalue weighted by atomic mass is 10.2. The van der Waals surface area contributed by atoms with Crippen molar-refractivity contribution in [1.29, 1.82) is 0 Å². The van der Waals surface area contributed by atoms with Gasteiger partial charge in [0.1, 0.15) is 0 Å². The van der Waals surface area contributed by atoms with Crippen molar-refractivity contribution >= 4 is 34.5 Å². The molecule has 0 spiro atoms. The molecule has 30 heavy (non-hydrogen) atoms. The molecule has 0 radical (unpaired) electrons. The van der Waals surface area contributed by atoms with Gasteiger partial charge in [0, 0.05) is 39.1 Å². The van der Waals surface area contributed by atoms with E-state index in [4.69, 9.17) is 4.52 Å². The fourth-order valence-electron chi connectivity index (χ4n) is 3.27. The minimum absolute atomic E-state index is 0.0747. The number of nitrogens with zero attached hydrogens (tertiary/aromatic N) is 4. The van der Waals surface area contributed by atoms with Crippen molar-refractivity contribution in [2.24, 2.45) is 0 Å². The van der Waals surface area contributed by atoms with Crippen LogP contribution in [0.1, 0.15) is 28.4 Å². The summed E-state index contributed by atoms with van der Waals surface area (Å²) in [4.78, 5) is 34.6. The maximum atomic E-state index is 12.4. The first-order valence-electron chi connectivity index (χ1n) is 9.87. The topological polar surface area (TPSA) is 91.6 Å². The van der Waals surface area contributed by atoms with E-state index in [9.17, 15) is 9.59 Å². The zero-order valence-electron chi connectivity index (χ0n) is 16.5. The quantitative estimate of drug-likeness (QED) is 0.536. The summed E-state index contributed by atoms with van der Waals surface area (Å²) in [6, 6.07) is 7.58. The molecule has 158 valence electrons. The van der Waals surface area contributed by atoms with Gasteiger partial charge in [0.25, 0.3) is 5.91 Å². The van der Waals surface area contributed by atoms with Gasteiger partial charge in [-0.25, -0.2) is 0 Å². The van der Waals surface area contributed by atoms with Crippen LogP contribution in [0.15, 0.2) is 39.5 Å². The molecule has 0 saturated carbocycles. The van der Waals surface area contributed by atoms with Crippen LogP contribution in [0.3, 0.4) is 0 Å². The van der Waals surface area contributed by atoms with Crippen LogP contribution in [0, 0.1) is 0 Å². The molecule has 1 saturated heterocycles. The van der Waals surface area contributed by atoms with Gasteiger partial charge in [-0.3, -0.25) is 14.5 Å². The van der Waals surface area contributed by atoms with Gasteiger partial charge in [-0.1, -0.05) is 17.3 Å². The molecule has 0 aromatic carbocycles. The molecule has 1 aliphatic rings. The van der Waals surface area contributed by atoms with Crippen LogP contribution in [-0.4, -0.2) is 64.5 Å². The van der Waals surface area contributed by atoms with Crippen LogP contribution in [0.25, 0.3) is 10.7 Å². The van der Waals surface area contributed by atoms with E-state index in [1.807, 2.05) is 33.9 Å². The summed E-state index contributed by atoms with van der Waals surface area (Å²) in [6.45, 7) is 4.02. The molecular formula is C20H23N5O3S2. The van der Waals surface area contributed by atoms with Gasteiger partial charge in [-0.2, -0.15) is 4.98 Å². The number of carbonyl (C=O) groups is 2. The number of piperazine rings is 1. The van der Waals surface area contributed by atoms with Crippen molar-refractivity contribution in [2.45, 2.75) is 19.4 Å². The molecule has 8 nitrogen and oxygen atoms in total. The monoisotopic (exact) mass is 445 g/mol. The second kappa shape index (κ2) is 9.96. The van der Waals surface area contributed by atoms with Gasteiger partial charge < -0.3 is 14.7 Å². The van der Waals surface area contributed by atoms with Gasteiger partial charge in [-0.05, 0) is 29.3 Å². The minimum atomic E-state index is -0.0747. The number of hydrogen-bond donors (Lipinski definition) is 1. The lowest BCUT2D eigenvalue weighted by Crippen LogP contribution is -2.48. The molecule has 0 aliphatic carbocycles. The Bertz CT molecular complexity index is 947. The molecule has 4 rings (SSSR count). The maximum absolute atomic E-state index is 12.4. The number of aromatic nitrogens is 2. The fraction of sp³-hybridized carbons (Fsp3) is 0.400. The van der Waals surface area contributed by atoms with Gasteiger partial charge in [0.2, 0.25) is 17.6 Å². The highest BCUT2D eigenvalue weighted by molar-refractivity contribution is 7.13. The number of thiophene rings is 2. The van der Waals surface area contributed by atoms with E-state index < -0.39 is 0 Å². The fourth-order valence-corrected chi connectivity index (χ4v) is 4.56. The Labute approximate surface area is 182 Å². The Hall–Kier alpha value is -2.56. The van der Waals surface area contributed by atoms with E-state index in [1.165, 1.54) is 11.3 Å². The van der Waals surface area contributed by atoms with E-state index >= 15 is 0 Å². The first kappa shape index (κ1) is 20.7. The van der Waals surface area contributed by atoms with Crippen LogP contribution in [0.2, 0.25) is 0 Å². The van der Waals surface area contributed by atoms with E-state index in [1.54, 1.807) is 17.4 Å². The van der Waals surface area contributed by atoms with Crippen molar-refractivity contribution in [3.63, 3.8) is 0 Å². The predicted molar refractivity (Wildman–Crippen MR) is 115 cm³/mol. The Balaban J connectivity index is 1.14. The molecule has 0 atom stereocenters. The number of amides is 2. The number of rotatable bonds is 8. The number of nitrogens with one attached hydrogen (secondary N) is 1. The van der Waals surface area contributed by atoms with E-state index in [-0.39, 0.29) is 11.8 Å². The van der Waals surface area contributed by atoms with Gasteiger partial charge in [-0.15, -0.1) is 22.7 Å². The average molecular weight is 446 g/mol. The third-order valence-electron chi connectivity index (χ3n) is 4.89. The Morgan fingerprint density at radius 1 is 1.10 bits per heavy atom. The van der Waals surface area contributed by atoms with Crippen molar-refractivity contribution in [1.82, 2.24) is 25.3 Å². The molecule has 1 aliphatic heterocycles. The minimum Gasteiger partial charge on any atom is -0.351 e. The van der Waals surface area contributed by atoms with Gasteiger partial charge in [0.05, 0.1) is 16.3 Å². The highest BCUT2D eigenvalue weighted by Crippen LogP contribution is 2.21. The Morgan fingerprint density at radius 3 is 2.63 bits per heavy atom. The number of hydrogen-bond acceptors (Lipinski definition) is 8. The molecule has 2 amide bonds. The summed E-state index contributed by atoms with van der Waals surface area (Å²) in [7, 11) is 0. The zero-order chi connectivity index (χ0) is 20.8. The van der Waals surface area contributed by atoms with Crippen molar-refractivity contribution in [3.8, 4) is 10.7 Å². The van der Waals surface area contributed by atoms with E-state index in [0.29, 0.717) is 55.6 Å². The van der Waals surface area contributed by atoms with Gasteiger partial charge >= 0.3 is 0 Å². The summed E-state index contributed by atoms with van der Waals surface area (Å²) < 4.78 is 5.37. The molecule has 10 heteroatoms. The summed E-state index contributed by atoms with van der Waals surface area (Å²) >= 11 is 3.00. The Morgan fingerprint density at radius 2 is 1.90 bits per heavy atom. The summed E-state index contributed by atoms with van der Waals surface area (Å²) in [6.07, 6.45) is 1.09. The third kappa shape index (κ3) is 5.32. The highest BCUT2D eigenvalue weighted by Gasteiger charge is 2.22.